The van der Waals surface area contributed by atoms with Gasteiger partial charge >= 0.3 is 0 Å². The first-order valence-corrected chi connectivity index (χ1v) is 8.08. The van der Waals surface area contributed by atoms with E-state index in [1.165, 1.54) is 16.5 Å². The fourth-order valence-electron chi connectivity index (χ4n) is 2.71. The quantitative estimate of drug-likeness (QED) is 0.584. The molecule has 0 N–H and O–H groups in total. The van der Waals surface area contributed by atoms with Crippen LogP contribution in [0.2, 0.25) is 0 Å². The van der Waals surface area contributed by atoms with Gasteiger partial charge in [-0.3, -0.25) is 0 Å². The van der Waals surface area contributed by atoms with Crippen LogP contribution in [0.25, 0.3) is 10.9 Å². The summed E-state index contributed by atoms with van der Waals surface area (Å²) in [5, 5.41) is 1.22. The Hall–Kier alpha value is -2.42. The molecule has 0 radical (unpaired) electrons. The van der Waals surface area contributed by atoms with Crippen molar-refractivity contribution in [2.45, 2.75) is 26.3 Å². The van der Waals surface area contributed by atoms with E-state index in [0.717, 1.165) is 37.5 Å². The Kier molecular flexibility index (Phi) is 4.86. The SMILES string of the molecule is COc1ccc2c(ccn2CCCCOc2ccc(C)cc2)c1. The molecule has 0 fully saturated rings. The summed E-state index contributed by atoms with van der Waals surface area (Å²) < 4.78 is 13.3. The topological polar surface area (TPSA) is 23.4 Å². The summed E-state index contributed by atoms with van der Waals surface area (Å²) in [7, 11) is 1.70. The van der Waals surface area contributed by atoms with Crippen molar-refractivity contribution in [3.8, 4) is 11.5 Å². The minimum Gasteiger partial charge on any atom is -0.497 e. The lowest BCUT2D eigenvalue weighted by molar-refractivity contribution is 0.303. The van der Waals surface area contributed by atoms with Gasteiger partial charge in [0.15, 0.2) is 0 Å². The first-order chi connectivity index (χ1) is 11.3. The van der Waals surface area contributed by atoms with Gasteiger partial charge in [0.1, 0.15) is 11.5 Å². The smallest absolute Gasteiger partial charge is 0.119 e. The second kappa shape index (κ2) is 7.23. The maximum Gasteiger partial charge on any atom is 0.119 e. The highest BCUT2D eigenvalue weighted by molar-refractivity contribution is 5.81. The van der Waals surface area contributed by atoms with E-state index >= 15 is 0 Å². The Morgan fingerprint density at radius 1 is 0.913 bits per heavy atom. The maximum absolute atomic E-state index is 5.77. The van der Waals surface area contributed by atoms with E-state index in [4.69, 9.17) is 9.47 Å². The minimum atomic E-state index is 0.760. The Morgan fingerprint density at radius 2 is 1.70 bits per heavy atom. The number of hydrogen-bond donors (Lipinski definition) is 0. The second-order valence-corrected chi connectivity index (χ2v) is 5.80. The van der Waals surface area contributed by atoms with Gasteiger partial charge in [0.25, 0.3) is 0 Å². The third kappa shape index (κ3) is 3.86. The molecule has 2 aromatic carbocycles. The van der Waals surface area contributed by atoms with Gasteiger partial charge in [-0.15, -0.1) is 0 Å². The van der Waals surface area contributed by atoms with Crippen molar-refractivity contribution in [1.82, 2.24) is 4.57 Å². The van der Waals surface area contributed by atoms with Gasteiger partial charge in [-0.2, -0.15) is 0 Å². The molecule has 3 nitrogen and oxygen atoms in total. The van der Waals surface area contributed by atoms with Crippen molar-refractivity contribution in [3.05, 3.63) is 60.3 Å². The van der Waals surface area contributed by atoms with Crippen LogP contribution in [-0.4, -0.2) is 18.3 Å². The Labute approximate surface area is 137 Å². The van der Waals surface area contributed by atoms with E-state index in [1.54, 1.807) is 7.11 Å². The lowest BCUT2D eigenvalue weighted by Crippen LogP contribution is -2.01. The molecule has 3 aromatic rings. The average Bonchev–Trinajstić information content (AvgIpc) is 2.98. The third-order valence-corrected chi connectivity index (χ3v) is 4.06. The van der Waals surface area contributed by atoms with Gasteiger partial charge in [0.05, 0.1) is 13.7 Å². The van der Waals surface area contributed by atoms with Crippen LogP contribution in [0.3, 0.4) is 0 Å². The number of aromatic nitrogens is 1. The highest BCUT2D eigenvalue weighted by atomic mass is 16.5. The van der Waals surface area contributed by atoms with Crippen LogP contribution >= 0.6 is 0 Å². The Balaban J connectivity index is 1.48. The Morgan fingerprint density at radius 3 is 2.48 bits per heavy atom. The number of benzene rings is 2. The first kappa shape index (κ1) is 15.5. The van der Waals surface area contributed by atoms with Crippen LogP contribution in [0.1, 0.15) is 18.4 Å². The largest absolute Gasteiger partial charge is 0.497 e. The van der Waals surface area contributed by atoms with Crippen molar-refractivity contribution in [2.24, 2.45) is 0 Å². The molecule has 0 atom stereocenters. The molecule has 0 saturated carbocycles. The summed E-state index contributed by atoms with van der Waals surface area (Å²) in [6.45, 7) is 3.85. The normalized spacial score (nSPS) is 10.9. The molecular weight excluding hydrogens is 286 g/mol. The molecule has 0 aliphatic rings. The first-order valence-electron chi connectivity index (χ1n) is 8.08. The fourth-order valence-corrected chi connectivity index (χ4v) is 2.71. The van der Waals surface area contributed by atoms with Crippen molar-refractivity contribution in [2.75, 3.05) is 13.7 Å². The molecular formula is C20H23NO2. The zero-order valence-corrected chi connectivity index (χ0v) is 13.8. The van der Waals surface area contributed by atoms with Crippen molar-refractivity contribution in [1.29, 1.82) is 0 Å². The molecule has 1 aromatic heterocycles. The molecule has 0 aliphatic heterocycles. The van der Waals surface area contributed by atoms with Gasteiger partial charge in [0, 0.05) is 23.6 Å². The average molecular weight is 309 g/mol. The van der Waals surface area contributed by atoms with E-state index in [2.05, 4.69) is 48.0 Å². The van der Waals surface area contributed by atoms with Crippen LogP contribution in [0.15, 0.2) is 54.7 Å². The summed E-state index contributed by atoms with van der Waals surface area (Å²) in [5.41, 5.74) is 2.51. The summed E-state index contributed by atoms with van der Waals surface area (Å²) in [6.07, 6.45) is 4.29. The van der Waals surface area contributed by atoms with Gasteiger partial charge in [0.2, 0.25) is 0 Å². The minimum absolute atomic E-state index is 0.760. The molecule has 0 saturated heterocycles. The molecule has 0 spiro atoms. The molecule has 0 amide bonds. The number of nitrogens with zero attached hydrogens (tertiary/aromatic N) is 1. The Bertz CT molecular complexity index is 759. The number of methoxy groups -OCH3 is 1. The second-order valence-electron chi connectivity index (χ2n) is 5.80. The van der Waals surface area contributed by atoms with Crippen LogP contribution in [0, 0.1) is 6.92 Å². The highest BCUT2D eigenvalue weighted by Crippen LogP contribution is 2.22. The number of ether oxygens (including phenoxy) is 2. The molecule has 0 bridgehead atoms. The van der Waals surface area contributed by atoms with E-state index in [0.29, 0.717) is 0 Å². The molecule has 120 valence electrons. The predicted octanol–water partition coefficient (Wildman–Crippen LogP) is 4.82. The lowest BCUT2D eigenvalue weighted by Gasteiger charge is -2.08. The van der Waals surface area contributed by atoms with E-state index in [9.17, 15) is 0 Å². The van der Waals surface area contributed by atoms with E-state index in [1.807, 2.05) is 18.2 Å². The predicted molar refractivity (Wildman–Crippen MR) is 94.4 cm³/mol. The molecule has 23 heavy (non-hydrogen) atoms. The summed E-state index contributed by atoms with van der Waals surface area (Å²) >= 11 is 0. The molecule has 3 rings (SSSR count). The monoisotopic (exact) mass is 309 g/mol. The van der Waals surface area contributed by atoms with Gasteiger partial charge in [-0.25, -0.2) is 0 Å². The zero-order valence-electron chi connectivity index (χ0n) is 13.8. The summed E-state index contributed by atoms with van der Waals surface area (Å²) in [4.78, 5) is 0. The van der Waals surface area contributed by atoms with Crippen molar-refractivity contribution < 1.29 is 9.47 Å². The van der Waals surface area contributed by atoms with Crippen LogP contribution in [0.4, 0.5) is 0 Å². The number of fused-ring (bicyclic) bond motifs is 1. The van der Waals surface area contributed by atoms with Crippen LogP contribution < -0.4 is 9.47 Å². The van der Waals surface area contributed by atoms with Gasteiger partial charge in [-0.05, 0) is 56.2 Å². The van der Waals surface area contributed by atoms with Crippen LogP contribution in [0.5, 0.6) is 11.5 Å². The molecule has 3 heteroatoms. The van der Waals surface area contributed by atoms with E-state index < -0.39 is 0 Å². The number of rotatable bonds is 7. The molecule has 0 unspecified atom stereocenters. The summed E-state index contributed by atoms with van der Waals surface area (Å²) in [5.74, 6) is 1.86. The molecule has 1 heterocycles. The fraction of sp³-hybridized carbons (Fsp3) is 0.300. The number of hydrogen-bond acceptors (Lipinski definition) is 2. The maximum atomic E-state index is 5.77. The highest BCUT2D eigenvalue weighted by Gasteiger charge is 2.02. The van der Waals surface area contributed by atoms with E-state index in [-0.39, 0.29) is 0 Å². The van der Waals surface area contributed by atoms with Crippen molar-refractivity contribution in [3.63, 3.8) is 0 Å². The number of aryl methyl sites for hydroxylation is 2. The molecule has 0 aliphatic carbocycles. The summed E-state index contributed by atoms with van der Waals surface area (Å²) in [6, 6.07) is 16.6. The zero-order chi connectivity index (χ0) is 16.1. The van der Waals surface area contributed by atoms with Crippen LogP contribution in [-0.2, 0) is 6.54 Å². The van der Waals surface area contributed by atoms with Gasteiger partial charge in [-0.1, -0.05) is 17.7 Å². The number of unbranched alkanes of at least 4 members (excludes halogenated alkanes) is 1. The standard InChI is InChI=1S/C20H23NO2/c1-16-5-7-18(8-6-16)23-14-4-3-12-21-13-11-17-15-19(22-2)9-10-20(17)21/h5-11,13,15H,3-4,12,14H2,1-2H3. The van der Waals surface area contributed by atoms with Gasteiger partial charge < -0.3 is 14.0 Å². The lowest BCUT2D eigenvalue weighted by atomic mass is 10.2. The van der Waals surface area contributed by atoms with Crippen molar-refractivity contribution >= 4 is 10.9 Å². The third-order valence-electron chi connectivity index (χ3n) is 4.06.